The Morgan fingerprint density at radius 2 is 2.00 bits per heavy atom. The molecule has 3 aromatic rings. The Bertz CT molecular complexity index is 1470. The molecule has 3 aliphatic heterocycles. The Kier molecular flexibility index (Phi) is 5.82. The van der Waals surface area contributed by atoms with Crippen LogP contribution in [0.2, 0.25) is 0 Å². The molecule has 0 bridgehead atoms. The number of fused-ring (bicyclic) bond motifs is 1. The van der Waals surface area contributed by atoms with E-state index >= 15 is 4.39 Å². The van der Waals surface area contributed by atoms with Crippen molar-refractivity contribution in [3.63, 3.8) is 0 Å². The van der Waals surface area contributed by atoms with Crippen LogP contribution in [0.15, 0.2) is 46.5 Å². The number of carboxylic acid groups (broad SMARTS) is 1. The molecule has 36 heavy (non-hydrogen) atoms. The molecular formula is C25H24FN3O6S. The van der Waals surface area contributed by atoms with Crippen molar-refractivity contribution in [1.82, 2.24) is 4.57 Å². The maximum atomic E-state index is 15.6. The van der Waals surface area contributed by atoms with Gasteiger partial charge in [-0.2, -0.15) is 13.5 Å². The zero-order chi connectivity index (χ0) is 24.4. The van der Waals surface area contributed by atoms with E-state index in [9.17, 15) is 14.7 Å². The number of hydrogen-bond donors (Lipinski definition) is 1. The van der Waals surface area contributed by atoms with Crippen molar-refractivity contribution in [1.29, 1.82) is 0 Å². The Labute approximate surface area is 212 Å². The van der Waals surface area contributed by atoms with Gasteiger partial charge in [0.05, 0.1) is 42.2 Å². The third-order valence-corrected chi connectivity index (χ3v) is 6.98. The molecule has 9 nitrogen and oxygen atoms in total. The fraction of sp³-hybridized carbons (Fsp3) is 0.320. The summed E-state index contributed by atoms with van der Waals surface area (Å²) in [5.41, 5.74) is 1.20. The molecular weight excluding hydrogens is 489 g/mol. The number of pyridine rings is 1. The fourth-order valence-corrected chi connectivity index (χ4v) is 5.21. The predicted octanol–water partition coefficient (Wildman–Crippen LogP) is 3.15. The first kappa shape index (κ1) is 24.0. The molecule has 1 fully saturated rings. The molecule has 2 aromatic carbocycles. The van der Waals surface area contributed by atoms with Crippen LogP contribution in [0.5, 0.6) is 11.5 Å². The van der Waals surface area contributed by atoms with Crippen molar-refractivity contribution >= 4 is 41.8 Å². The minimum absolute atomic E-state index is 0. The normalized spacial score (nSPS) is 21.8. The fourth-order valence-electron chi connectivity index (χ4n) is 5.21. The van der Waals surface area contributed by atoms with Crippen molar-refractivity contribution in [3.8, 4) is 11.5 Å². The first-order chi connectivity index (χ1) is 16.9. The zero-order valence-corrected chi connectivity index (χ0v) is 20.5. The molecule has 1 saturated heterocycles. The summed E-state index contributed by atoms with van der Waals surface area (Å²) in [6, 6.07) is 8.42. The minimum Gasteiger partial charge on any atom is -0.497 e. The Morgan fingerprint density at radius 3 is 2.69 bits per heavy atom. The molecule has 3 atom stereocenters. The predicted molar refractivity (Wildman–Crippen MR) is 136 cm³/mol. The van der Waals surface area contributed by atoms with Crippen LogP contribution in [-0.4, -0.2) is 54.3 Å². The van der Waals surface area contributed by atoms with Gasteiger partial charge in [-0.05, 0) is 37.3 Å². The van der Waals surface area contributed by atoms with E-state index in [1.54, 1.807) is 11.7 Å². The number of carbonyl (C=O) groups is 1. The number of hydrogen-bond acceptors (Lipinski definition) is 7. The van der Waals surface area contributed by atoms with Gasteiger partial charge in [-0.3, -0.25) is 4.79 Å². The molecule has 6 rings (SSSR count). The van der Waals surface area contributed by atoms with Gasteiger partial charge in [0.2, 0.25) is 5.43 Å². The Morgan fingerprint density at radius 1 is 1.25 bits per heavy atom. The van der Waals surface area contributed by atoms with Gasteiger partial charge in [0, 0.05) is 18.3 Å². The third-order valence-electron chi connectivity index (χ3n) is 6.98. The van der Waals surface area contributed by atoms with Crippen LogP contribution in [-0.2, 0) is 4.84 Å². The number of benzene rings is 2. The van der Waals surface area contributed by atoms with Crippen molar-refractivity contribution < 1.29 is 28.6 Å². The largest absolute Gasteiger partial charge is 0.497 e. The number of nitrogens with zero attached hydrogens (tertiary/aromatic N) is 3. The van der Waals surface area contributed by atoms with E-state index in [2.05, 4.69) is 5.16 Å². The lowest BCUT2D eigenvalue weighted by Crippen LogP contribution is -2.30. The zero-order valence-electron chi connectivity index (χ0n) is 19.5. The Balaban J connectivity index is 0.00000267. The quantitative estimate of drug-likeness (QED) is 0.572. The highest BCUT2D eigenvalue weighted by atomic mass is 32.1. The van der Waals surface area contributed by atoms with Crippen LogP contribution in [0.4, 0.5) is 10.1 Å². The second kappa shape index (κ2) is 8.74. The van der Waals surface area contributed by atoms with Gasteiger partial charge in [-0.15, -0.1) is 0 Å². The van der Waals surface area contributed by atoms with Gasteiger partial charge in [-0.25, -0.2) is 9.18 Å². The van der Waals surface area contributed by atoms with Gasteiger partial charge in [0.1, 0.15) is 23.6 Å². The molecule has 0 radical (unpaired) electrons. The van der Waals surface area contributed by atoms with Crippen LogP contribution in [0.25, 0.3) is 10.9 Å². The monoisotopic (exact) mass is 513 g/mol. The smallest absolute Gasteiger partial charge is 0.341 e. The number of carboxylic acids is 1. The minimum atomic E-state index is -1.35. The molecule has 1 aromatic heterocycles. The summed E-state index contributed by atoms with van der Waals surface area (Å²) in [7, 11) is 1.60. The van der Waals surface area contributed by atoms with Crippen LogP contribution in [0.3, 0.4) is 0 Å². The highest BCUT2D eigenvalue weighted by molar-refractivity contribution is 7.59. The molecule has 0 amide bonds. The average Bonchev–Trinajstić information content (AvgIpc) is 3.43. The van der Waals surface area contributed by atoms with Crippen LogP contribution >= 0.6 is 13.5 Å². The molecule has 0 aliphatic carbocycles. The molecule has 188 valence electrons. The molecule has 3 aliphatic rings. The van der Waals surface area contributed by atoms with Gasteiger partial charge in [0.25, 0.3) is 0 Å². The van der Waals surface area contributed by atoms with E-state index in [0.717, 1.165) is 23.1 Å². The standard InChI is InChI=1S/C25H22FN3O6.H2S/c1-12-11-34-24-21-15(23(30)17(25(31)32)9-29(12)21)7-18(26)22(24)28-8-16-19(10-28)35-27-20(16)13-3-5-14(33-2)6-4-13;/h3-7,9,12,16,19H,8,10-11H2,1-2H3,(H,31,32);1H2/t12-,16?,19?;/m0./s1. The van der Waals surface area contributed by atoms with Crippen molar-refractivity contribution in [3.05, 3.63) is 63.7 Å². The summed E-state index contributed by atoms with van der Waals surface area (Å²) in [6.45, 7) is 2.91. The number of ether oxygens (including phenoxy) is 2. The SMILES string of the molecule is COc1ccc(C2=NOC3CN(c4c(F)cc5c(=O)c(C(=O)O)cn6c5c4OC[C@@H]6C)CC23)cc1.S. The number of aromatic carboxylic acids is 1. The summed E-state index contributed by atoms with van der Waals surface area (Å²) in [5.74, 6) is -1.09. The van der Waals surface area contributed by atoms with Crippen LogP contribution < -0.4 is 19.8 Å². The number of rotatable bonds is 4. The molecule has 0 spiro atoms. The summed E-state index contributed by atoms with van der Waals surface area (Å²) in [6.07, 6.45) is 1.07. The summed E-state index contributed by atoms with van der Waals surface area (Å²) < 4.78 is 28.5. The molecule has 2 unspecified atom stereocenters. The summed E-state index contributed by atoms with van der Waals surface area (Å²) in [5, 5.41) is 13.8. The van der Waals surface area contributed by atoms with Gasteiger partial charge >= 0.3 is 5.97 Å². The number of methoxy groups -OCH3 is 1. The summed E-state index contributed by atoms with van der Waals surface area (Å²) in [4.78, 5) is 32.0. The number of aromatic nitrogens is 1. The second-order valence-electron chi connectivity index (χ2n) is 9.04. The van der Waals surface area contributed by atoms with Gasteiger partial charge < -0.3 is 28.9 Å². The maximum Gasteiger partial charge on any atom is 0.341 e. The maximum absolute atomic E-state index is 15.6. The van der Waals surface area contributed by atoms with E-state index in [4.69, 9.17) is 14.3 Å². The second-order valence-corrected chi connectivity index (χ2v) is 9.04. The molecule has 11 heteroatoms. The van der Waals surface area contributed by atoms with Crippen LogP contribution in [0.1, 0.15) is 28.9 Å². The molecule has 4 heterocycles. The highest BCUT2D eigenvalue weighted by Gasteiger charge is 2.45. The average molecular weight is 514 g/mol. The van der Waals surface area contributed by atoms with Crippen molar-refractivity contribution in [2.75, 3.05) is 31.7 Å². The van der Waals surface area contributed by atoms with E-state index in [0.29, 0.717) is 18.6 Å². The number of oxime groups is 1. The number of anilines is 1. The molecule has 0 saturated carbocycles. The topological polar surface area (TPSA) is 103 Å². The van der Waals surface area contributed by atoms with Crippen molar-refractivity contribution in [2.24, 2.45) is 11.1 Å². The van der Waals surface area contributed by atoms with E-state index in [1.165, 1.54) is 6.20 Å². The van der Waals surface area contributed by atoms with Gasteiger partial charge in [0.15, 0.2) is 17.7 Å². The first-order valence-corrected chi connectivity index (χ1v) is 11.3. The van der Waals surface area contributed by atoms with E-state index < -0.39 is 22.8 Å². The van der Waals surface area contributed by atoms with Crippen molar-refractivity contribution in [2.45, 2.75) is 19.1 Å². The number of halogens is 1. The molecule has 1 N–H and O–H groups in total. The van der Waals surface area contributed by atoms with Crippen LogP contribution in [0, 0.1) is 11.7 Å². The summed E-state index contributed by atoms with van der Waals surface area (Å²) >= 11 is 0. The lowest BCUT2D eigenvalue weighted by molar-refractivity contribution is 0.0694. The Hall–Kier alpha value is -3.73. The first-order valence-electron chi connectivity index (χ1n) is 11.3. The van der Waals surface area contributed by atoms with Gasteiger partial charge in [-0.1, -0.05) is 5.16 Å². The van der Waals surface area contributed by atoms with E-state index in [-0.39, 0.29) is 55.0 Å². The lowest BCUT2D eigenvalue weighted by Gasteiger charge is -2.31. The highest BCUT2D eigenvalue weighted by Crippen LogP contribution is 2.44. The third kappa shape index (κ3) is 3.48. The van der Waals surface area contributed by atoms with E-state index in [1.807, 2.05) is 36.1 Å². The lowest BCUT2D eigenvalue weighted by atomic mass is 9.95.